The van der Waals surface area contributed by atoms with Crippen LogP contribution in [-0.2, 0) is 6.61 Å². The highest BCUT2D eigenvalue weighted by atomic mass is 19.1. The van der Waals surface area contributed by atoms with Crippen LogP contribution in [0.25, 0.3) is 11.3 Å². The first-order chi connectivity index (χ1) is 7.22. The van der Waals surface area contributed by atoms with Gasteiger partial charge in [-0.1, -0.05) is 5.21 Å². The third-order valence-corrected chi connectivity index (χ3v) is 1.97. The average Bonchev–Trinajstić information content (AvgIpc) is 2.65. The molecule has 0 fully saturated rings. The molecule has 0 aliphatic rings. The lowest BCUT2D eigenvalue weighted by molar-refractivity contribution is 0.277. The van der Waals surface area contributed by atoms with E-state index in [2.05, 4.69) is 15.4 Å². The van der Waals surface area contributed by atoms with Gasteiger partial charge in [-0.05, 0) is 12.1 Å². The monoisotopic (exact) mass is 211 g/mol. The minimum absolute atomic E-state index is 0.106. The van der Waals surface area contributed by atoms with Gasteiger partial charge in [0.1, 0.15) is 17.3 Å². The Hall–Kier alpha value is -1.82. The first-order valence-corrected chi connectivity index (χ1v) is 4.18. The highest BCUT2D eigenvalue weighted by Crippen LogP contribution is 2.23. The lowest BCUT2D eigenvalue weighted by Crippen LogP contribution is -1.91. The number of rotatable bonds is 2. The van der Waals surface area contributed by atoms with Crippen molar-refractivity contribution in [1.82, 2.24) is 15.4 Å². The molecular formula is C9H7F2N3O. The third-order valence-electron chi connectivity index (χ3n) is 1.97. The number of aromatic amines is 1. The Morgan fingerprint density at radius 2 is 2.13 bits per heavy atom. The first kappa shape index (κ1) is 9.72. The molecule has 0 saturated heterocycles. The van der Waals surface area contributed by atoms with Crippen molar-refractivity contribution in [3.05, 3.63) is 35.5 Å². The summed E-state index contributed by atoms with van der Waals surface area (Å²) in [5.74, 6) is -1.40. The van der Waals surface area contributed by atoms with Gasteiger partial charge in [0.15, 0.2) is 0 Å². The van der Waals surface area contributed by atoms with Crippen molar-refractivity contribution in [2.45, 2.75) is 6.61 Å². The lowest BCUT2D eigenvalue weighted by atomic mass is 10.1. The van der Waals surface area contributed by atoms with E-state index >= 15 is 0 Å². The highest BCUT2D eigenvalue weighted by Gasteiger charge is 2.13. The SMILES string of the molecule is OCc1[nH]nnc1-c1ccc(F)cc1F. The van der Waals surface area contributed by atoms with Gasteiger partial charge in [-0.15, -0.1) is 5.10 Å². The second-order valence-electron chi connectivity index (χ2n) is 2.92. The van der Waals surface area contributed by atoms with Gasteiger partial charge in [-0.2, -0.15) is 0 Å². The van der Waals surface area contributed by atoms with Crippen LogP contribution in [0.5, 0.6) is 0 Å². The van der Waals surface area contributed by atoms with Crippen LogP contribution in [0.3, 0.4) is 0 Å². The molecule has 0 amide bonds. The second-order valence-corrected chi connectivity index (χ2v) is 2.92. The molecule has 1 heterocycles. The molecule has 6 heteroatoms. The van der Waals surface area contributed by atoms with Crippen LogP contribution >= 0.6 is 0 Å². The molecule has 1 aromatic carbocycles. The Morgan fingerprint density at radius 3 is 2.80 bits per heavy atom. The molecular weight excluding hydrogens is 204 g/mol. The van der Waals surface area contributed by atoms with Gasteiger partial charge in [-0.3, -0.25) is 5.10 Å². The van der Waals surface area contributed by atoms with E-state index in [1.54, 1.807) is 0 Å². The number of nitrogens with zero attached hydrogens (tertiary/aromatic N) is 2. The van der Waals surface area contributed by atoms with E-state index < -0.39 is 11.6 Å². The molecule has 0 saturated carbocycles. The Kier molecular flexibility index (Phi) is 2.42. The molecule has 0 atom stereocenters. The van der Waals surface area contributed by atoms with Gasteiger partial charge < -0.3 is 5.11 Å². The predicted octanol–water partition coefficient (Wildman–Crippen LogP) is 1.24. The molecule has 1 aromatic heterocycles. The van der Waals surface area contributed by atoms with Gasteiger partial charge in [0.05, 0.1) is 12.3 Å². The van der Waals surface area contributed by atoms with Crippen molar-refractivity contribution in [3.63, 3.8) is 0 Å². The largest absolute Gasteiger partial charge is 0.390 e. The van der Waals surface area contributed by atoms with E-state index in [1.807, 2.05) is 0 Å². The first-order valence-electron chi connectivity index (χ1n) is 4.18. The highest BCUT2D eigenvalue weighted by molar-refractivity contribution is 5.61. The van der Waals surface area contributed by atoms with Crippen molar-refractivity contribution in [1.29, 1.82) is 0 Å². The fraction of sp³-hybridized carbons (Fsp3) is 0.111. The molecule has 2 rings (SSSR count). The van der Waals surface area contributed by atoms with Crippen molar-refractivity contribution in [3.8, 4) is 11.3 Å². The van der Waals surface area contributed by atoms with Crippen LogP contribution in [0.4, 0.5) is 8.78 Å². The van der Waals surface area contributed by atoms with Crippen LogP contribution in [0.1, 0.15) is 5.69 Å². The summed E-state index contributed by atoms with van der Waals surface area (Å²) in [6, 6.07) is 3.13. The quantitative estimate of drug-likeness (QED) is 0.785. The summed E-state index contributed by atoms with van der Waals surface area (Å²) >= 11 is 0. The van der Waals surface area contributed by atoms with Crippen LogP contribution in [0.2, 0.25) is 0 Å². The van der Waals surface area contributed by atoms with Crippen molar-refractivity contribution in [2.75, 3.05) is 0 Å². The standard InChI is InChI=1S/C9H7F2N3O/c10-5-1-2-6(7(11)3-5)9-8(4-15)12-14-13-9/h1-3,15H,4H2,(H,12,13,14). The molecule has 2 aromatic rings. The van der Waals surface area contributed by atoms with E-state index in [1.165, 1.54) is 6.07 Å². The van der Waals surface area contributed by atoms with Crippen LogP contribution in [0.15, 0.2) is 18.2 Å². The van der Waals surface area contributed by atoms with Crippen LogP contribution in [-0.4, -0.2) is 20.5 Å². The number of nitrogens with one attached hydrogen (secondary N) is 1. The molecule has 0 unspecified atom stereocenters. The number of benzene rings is 1. The van der Waals surface area contributed by atoms with E-state index in [0.717, 1.165) is 12.1 Å². The Bertz CT molecular complexity index is 484. The summed E-state index contributed by atoms with van der Waals surface area (Å²) in [5.41, 5.74) is 0.588. The van der Waals surface area contributed by atoms with E-state index in [9.17, 15) is 8.78 Å². The molecule has 15 heavy (non-hydrogen) atoms. The lowest BCUT2D eigenvalue weighted by Gasteiger charge is -2.00. The summed E-state index contributed by atoms with van der Waals surface area (Å²) in [6.07, 6.45) is 0. The summed E-state index contributed by atoms with van der Waals surface area (Å²) in [6.45, 7) is -0.334. The average molecular weight is 211 g/mol. The maximum atomic E-state index is 13.3. The summed E-state index contributed by atoms with van der Waals surface area (Å²) in [4.78, 5) is 0. The topological polar surface area (TPSA) is 61.8 Å². The zero-order valence-electron chi connectivity index (χ0n) is 7.54. The van der Waals surface area contributed by atoms with Gasteiger partial charge >= 0.3 is 0 Å². The molecule has 4 nitrogen and oxygen atoms in total. The number of aromatic nitrogens is 3. The number of H-pyrrole nitrogens is 1. The van der Waals surface area contributed by atoms with Gasteiger partial charge in [0.2, 0.25) is 0 Å². The predicted molar refractivity (Wildman–Crippen MR) is 47.7 cm³/mol. The molecule has 78 valence electrons. The summed E-state index contributed by atoms with van der Waals surface area (Å²) < 4.78 is 26.0. The minimum atomic E-state index is -0.737. The number of halogens is 2. The zero-order chi connectivity index (χ0) is 10.8. The van der Waals surface area contributed by atoms with E-state index in [4.69, 9.17) is 5.11 Å². The van der Waals surface area contributed by atoms with E-state index in [0.29, 0.717) is 5.69 Å². The number of hydrogen-bond acceptors (Lipinski definition) is 3. The normalized spacial score (nSPS) is 10.6. The number of hydrogen-bond donors (Lipinski definition) is 2. The zero-order valence-corrected chi connectivity index (χ0v) is 7.54. The fourth-order valence-electron chi connectivity index (χ4n) is 1.26. The smallest absolute Gasteiger partial charge is 0.135 e. The molecule has 0 spiro atoms. The molecule has 0 aliphatic carbocycles. The fourth-order valence-corrected chi connectivity index (χ4v) is 1.26. The van der Waals surface area contributed by atoms with Crippen LogP contribution in [0, 0.1) is 11.6 Å². The maximum absolute atomic E-state index is 13.3. The molecule has 2 N–H and O–H groups in total. The number of aliphatic hydroxyl groups is 1. The summed E-state index contributed by atoms with van der Waals surface area (Å²) in [5, 5.41) is 18.4. The van der Waals surface area contributed by atoms with Gasteiger partial charge in [0.25, 0.3) is 0 Å². The molecule has 0 radical (unpaired) electrons. The third kappa shape index (κ3) is 1.71. The Morgan fingerprint density at radius 1 is 1.33 bits per heavy atom. The number of aliphatic hydroxyl groups excluding tert-OH is 1. The Labute approximate surface area is 83.6 Å². The summed E-state index contributed by atoms with van der Waals surface area (Å²) in [7, 11) is 0. The second kappa shape index (κ2) is 3.74. The van der Waals surface area contributed by atoms with Crippen molar-refractivity contribution >= 4 is 0 Å². The molecule has 0 bridgehead atoms. The van der Waals surface area contributed by atoms with Crippen molar-refractivity contribution < 1.29 is 13.9 Å². The van der Waals surface area contributed by atoms with Crippen molar-refractivity contribution in [2.24, 2.45) is 0 Å². The van der Waals surface area contributed by atoms with Gasteiger partial charge in [-0.25, -0.2) is 8.78 Å². The van der Waals surface area contributed by atoms with Crippen LogP contribution < -0.4 is 0 Å². The van der Waals surface area contributed by atoms with E-state index in [-0.39, 0.29) is 17.9 Å². The minimum Gasteiger partial charge on any atom is -0.390 e. The molecule has 0 aliphatic heterocycles. The Balaban J connectivity index is 2.54. The maximum Gasteiger partial charge on any atom is 0.135 e. The van der Waals surface area contributed by atoms with Gasteiger partial charge in [0, 0.05) is 11.6 Å².